The van der Waals surface area contributed by atoms with E-state index in [1.54, 1.807) is 0 Å². The molecular formula is C11H18BN3. The molecule has 0 bridgehead atoms. The maximum atomic E-state index is 5.69. The zero-order chi connectivity index (χ0) is 11.5. The number of nitrogens with zero attached hydrogens (tertiary/aromatic N) is 1. The van der Waals surface area contributed by atoms with E-state index in [0.29, 0.717) is 12.2 Å². The SMILES string of the molecule is Bc1ccnc(CNC(C)(C)C(=C)N)c1. The molecule has 80 valence electrons. The molecule has 3 nitrogen and oxygen atoms in total. The molecule has 0 fully saturated rings. The van der Waals surface area contributed by atoms with E-state index < -0.39 is 0 Å². The monoisotopic (exact) mass is 203 g/mol. The smallest absolute Gasteiger partial charge is 0.139 e. The van der Waals surface area contributed by atoms with Gasteiger partial charge in [0, 0.05) is 18.4 Å². The normalized spacial score (nSPS) is 11.3. The van der Waals surface area contributed by atoms with E-state index >= 15 is 0 Å². The minimum absolute atomic E-state index is 0.259. The second-order valence-electron chi connectivity index (χ2n) is 4.33. The first-order chi connectivity index (χ1) is 6.92. The summed E-state index contributed by atoms with van der Waals surface area (Å²) < 4.78 is 0. The Bertz CT molecular complexity index is 361. The third-order valence-corrected chi connectivity index (χ3v) is 2.49. The van der Waals surface area contributed by atoms with Crippen molar-refractivity contribution in [2.24, 2.45) is 5.73 Å². The van der Waals surface area contributed by atoms with Gasteiger partial charge in [-0.2, -0.15) is 0 Å². The Hall–Kier alpha value is -1.29. The predicted molar refractivity (Wildman–Crippen MR) is 66.7 cm³/mol. The van der Waals surface area contributed by atoms with Crippen molar-refractivity contribution < 1.29 is 0 Å². The number of aromatic nitrogens is 1. The number of nitrogens with one attached hydrogen (secondary N) is 1. The van der Waals surface area contributed by atoms with Crippen LogP contribution < -0.4 is 16.5 Å². The number of hydrogen-bond acceptors (Lipinski definition) is 3. The maximum Gasteiger partial charge on any atom is 0.139 e. The van der Waals surface area contributed by atoms with Gasteiger partial charge >= 0.3 is 0 Å². The Morgan fingerprint density at radius 1 is 1.67 bits per heavy atom. The first-order valence-corrected chi connectivity index (χ1v) is 5.03. The molecule has 0 atom stereocenters. The molecule has 0 aliphatic carbocycles. The molecule has 0 saturated carbocycles. The first kappa shape index (κ1) is 11.8. The summed E-state index contributed by atoms with van der Waals surface area (Å²) >= 11 is 0. The Morgan fingerprint density at radius 3 is 2.87 bits per heavy atom. The fourth-order valence-corrected chi connectivity index (χ4v) is 1.12. The number of pyridine rings is 1. The van der Waals surface area contributed by atoms with Gasteiger partial charge in [0.25, 0.3) is 0 Å². The molecule has 0 unspecified atom stereocenters. The van der Waals surface area contributed by atoms with Crippen molar-refractivity contribution in [3.05, 3.63) is 36.3 Å². The highest BCUT2D eigenvalue weighted by atomic mass is 15.0. The van der Waals surface area contributed by atoms with Gasteiger partial charge in [-0.1, -0.05) is 18.1 Å². The van der Waals surface area contributed by atoms with Crippen LogP contribution in [0.2, 0.25) is 0 Å². The predicted octanol–water partition coefficient (Wildman–Crippen LogP) is -0.319. The lowest BCUT2D eigenvalue weighted by atomic mass is 9.96. The Balaban J connectivity index is 2.61. The summed E-state index contributed by atoms with van der Waals surface area (Å²) in [4.78, 5) is 4.27. The van der Waals surface area contributed by atoms with Crippen LogP contribution in [0.25, 0.3) is 0 Å². The minimum Gasteiger partial charge on any atom is -0.401 e. The van der Waals surface area contributed by atoms with Crippen LogP contribution in [0.15, 0.2) is 30.6 Å². The van der Waals surface area contributed by atoms with E-state index in [1.807, 2.05) is 26.1 Å². The van der Waals surface area contributed by atoms with Crippen LogP contribution in [0, 0.1) is 0 Å². The molecule has 1 aromatic heterocycles. The summed E-state index contributed by atoms with van der Waals surface area (Å²) in [6, 6.07) is 4.04. The Kier molecular flexibility index (Phi) is 3.53. The molecule has 0 amide bonds. The van der Waals surface area contributed by atoms with E-state index in [9.17, 15) is 0 Å². The number of hydrogen-bond donors (Lipinski definition) is 2. The molecule has 3 N–H and O–H groups in total. The average Bonchev–Trinajstić information content (AvgIpc) is 2.15. The van der Waals surface area contributed by atoms with E-state index in [4.69, 9.17) is 5.73 Å². The molecule has 1 heterocycles. The number of rotatable bonds is 4. The third kappa shape index (κ3) is 3.40. The molecule has 1 rings (SSSR count). The fourth-order valence-electron chi connectivity index (χ4n) is 1.12. The lowest BCUT2D eigenvalue weighted by Gasteiger charge is -2.26. The van der Waals surface area contributed by atoms with Crippen LogP contribution in [0.3, 0.4) is 0 Å². The minimum atomic E-state index is -0.259. The maximum absolute atomic E-state index is 5.69. The fraction of sp³-hybridized carbons (Fsp3) is 0.364. The van der Waals surface area contributed by atoms with E-state index in [-0.39, 0.29) is 5.54 Å². The van der Waals surface area contributed by atoms with Crippen molar-refractivity contribution in [3.8, 4) is 0 Å². The van der Waals surface area contributed by atoms with Crippen molar-refractivity contribution in [2.75, 3.05) is 0 Å². The van der Waals surface area contributed by atoms with Crippen molar-refractivity contribution in [2.45, 2.75) is 25.9 Å². The zero-order valence-corrected chi connectivity index (χ0v) is 9.67. The lowest BCUT2D eigenvalue weighted by Crippen LogP contribution is -2.43. The average molecular weight is 203 g/mol. The number of nitrogens with two attached hydrogens (primary N) is 1. The molecule has 0 saturated heterocycles. The summed E-state index contributed by atoms with van der Waals surface area (Å²) in [5.41, 5.74) is 8.29. The van der Waals surface area contributed by atoms with Crippen LogP contribution in [0.4, 0.5) is 0 Å². The van der Waals surface area contributed by atoms with E-state index in [0.717, 1.165) is 5.69 Å². The third-order valence-electron chi connectivity index (χ3n) is 2.49. The summed E-state index contributed by atoms with van der Waals surface area (Å²) in [7, 11) is 2.05. The van der Waals surface area contributed by atoms with Gasteiger partial charge in [0.15, 0.2) is 0 Å². The second-order valence-corrected chi connectivity index (χ2v) is 4.33. The quantitative estimate of drug-likeness (QED) is 0.659. The van der Waals surface area contributed by atoms with Crippen LogP contribution >= 0.6 is 0 Å². The van der Waals surface area contributed by atoms with Crippen molar-refractivity contribution in [1.29, 1.82) is 0 Å². The van der Waals surface area contributed by atoms with Gasteiger partial charge in [-0.15, -0.1) is 0 Å². The van der Waals surface area contributed by atoms with Crippen LogP contribution in [-0.4, -0.2) is 18.4 Å². The van der Waals surface area contributed by atoms with Gasteiger partial charge in [0.1, 0.15) is 7.85 Å². The van der Waals surface area contributed by atoms with Gasteiger partial charge < -0.3 is 11.1 Å². The van der Waals surface area contributed by atoms with Gasteiger partial charge in [-0.3, -0.25) is 4.98 Å². The molecule has 4 heteroatoms. The highest BCUT2D eigenvalue weighted by Gasteiger charge is 2.18. The van der Waals surface area contributed by atoms with Crippen molar-refractivity contribution in [1.82, 2.24) is 10.3 Å². The standard InChI is InChI=1S/C11H18BN3/c1-8(13)11(2,3)15-7-10-6-9(12)4-5-14-10/h4-6,15H,1,7,12-13H2,2-3H3. The summed E-state index contributed by atoms with van der Waals surface area (Å²) in [5.74, 6) is 0. The van der Waals surface area contributed by atoms with E-state index in [2.05, 4.69) is 30.8 Å². The molecule has 0 aromatic carbocycles. The first-order valence-electron chi connectivity index (χ1n) is 5.03. The molecule has 15 heavy (non-hydrogen) atoms. The van der Waals surface area contributed by atoms with Gasteiger partial charge in [-0.25, -0.2) is 0 Å². The van der Waals surface area contributed by atoms with E-state index in [1.165, 1.54) is 5.46 Å². The van der Waals surface area contributed by atoms with Gasteiger partial charge in [0.05, 0.1) is 11.2 Å². The van der Waals surface area contributed by atoms with Crippen LogP contribution in [-0.2, 0) is 6.54 Å². The molecule has 0 radical (unpaired) electrons. The molecule has 0 aliphatic heterocycles. The lowest BCUT2D eigenvalue weighted by molar-refractivity contribution is 0.443. The largest absolute Gasteiger partial charge is 0.401 e. The summed E-state index contributed by atoms with van der Waals surface area (Å²) in [5, 5.41) is 3.31. The van der Waals surface area contributed by atoms with Crippen LogP contribution in [0.1, 0.15) is 19.5 Å². The van der Waals surface area contributed by atoms with Crippen molar-refractivity contribution in [3.63, 3.8) is 0 Å². The molecule has 1 aromatic rings. The highest BCUT2D eigenvalue weighted by Crippen LogP contribution is 2.08. The van der Waals surface area contributed by atoms with Crippen molar-refractivity contribution >= 4 is 13.3 Å². The topological polar surface area (TPSA) is 50.9 Å². The van der Waals surface area contributed by atoms with Gasteiger partial charge in [0.2, 0.25) is 0 Å². The van der Waals surface area contributed by atoms with Crippen LogP contribution in [0.5, 0.6) is 0 Å². The highest BCUT2D eigenvalue weighted by molar-refractivity contribution is 6.32. The molecular weight excluding hydrogens is 185 g/mol. The second kappa shape index (κ2) is 4.49. The summed E-state index contributed by atoms with van der Waals surface area (Å²) in [6.45, 7) is 8.46. The molecule has 0 aliphatic rings. The zero-order valence-electron chi connectivity index (χ0n) is 9.67. The Labute approximate surface area is 92.2 Å². The van der Waals surface area contributed by atoms with Gasteiger partial charge in [-0.05, 0) is 19.9 Å². The summed E-state index contributed by atoms with van der Waals surface area (Å²) in [6.07, 6.45) is 1.82. The Morgan fingerprint density at radius 2 is 2.33 bits per heavy atom. The molecule has 0 spiro atoms.